The third-order valence-electron chi connectivity index (χ3n) is 3.02. The number of nitrogens with zero attached hydrogens (tertiary/aromatic N) is 1. The molecule has 0 aromatic heterocycles. The number of para-hydroxylation sites is 1. The number of hydrogen-bond donors (Lipinski definition) is 1. The van der Waals surface area contributed by atoms with Gasteiger partial charge in [-0.15, -0.1) is 0 Å². The molecule has 2 aromatic rings. The van der Waals surface area contributed by atoms with Crippen molar-refractivity contribution in [1.29, 1.82) is 5.26 Å². The molecule has 106 valence electrons. The highest BCUT2D eigenvalue weighted by Crippen LogP contribution is 2.18. The van der Waals surface area contributed by atoms with Gasteiger partial charge in [0.05, 0.1) is 5.56 Å². The Morgan fingerprint density at radius 1 is 1.24 bits per heavy atom. The summed E-state index contributed by atoms with van der Waals surface area (Å²) in [6.07, 6.45) is 0. The zero-order valence-corrected chi connectivity index (χ0v) is 12.0. The molecule has 2 aromatic carbocycles. The molecule has 4 heteroatoms. The quantitative estimate of drug-likeness (QED) is 0.935. The molecule has 0 radical (unpaired) electrons. The number of hydrogen-bond acceptors (Lipinski definition) is 3. The van der Waals surface area contributed by atoms with Gasteiger partial charge in [0.1, 0.15) is 11.8 Å². The van der Waals surface area contributed by atoms with E-state index in [0.717, 1.165) is 16.8 Å². The van der Waals surface area contributed by atoms with Crippen LogP contribution >= 0.6 is 0 Å². The lowest BCUT2D eigenvalue weighted by atomic mass is 10.1. The molecule has 0 unspecified atom stereocenters. The average Bonchev–Trinajstić information content (AvgIpc) is 2.48. The second-order valence-electron chi connectivity index (χ2n) is 4.76. The van der Waals surface area contributed by atoms with Crippen LogP contribution in [0.3, 0.4) is 0 Å². The predicted octanol–water partition coefficient (Wildman–Crippen LogP) is 3.19. The average molecular weight is 280 g/mol. The van der Waals surface area contributed by atoms with Crippen molar-refractivity contribution in [1.82, 2.24) is 0 Å². The van der Waals surface area contributed by atoms with Crippen molar-refractivity contribution >= 4 is 11.6 Å². The molecule has 21 heavy (non-hydrogen) atoms. The standard InChI is InChI=1S/C17H16N2O2/c1-12-7-8-15(13(2)9-12)19-17(20)11-21-16-6-4-3-5-14(16)10-18/h3-9H,11H2,1-2H3,(H,19,20). The van der Waals surface area contributed by atoms with E-state index in [1.165, 1.54) is 0 Å². The van der Waals surface area contributed by atoms with Gasteiger partial charge >= 0.3 is 0 Å². The first-order chi connectivity index (χ1) is 10.1. The fourth-order valence-electron chi connectivity index (χ4n) is 1.97. The minimum Gasteiger partial charge on any atom is -0.482 e. The first-order valence-electron chi connectivity index (χ1n) is 6.59. The van der Waals surface area contributed by atoms with Crippen LogP contribution in [-0.2, 0) is 4.79 Å². The molecule has 0 saturated carbocycles. The van der Waals surface area contributed by atoms with E-state index >= 15 is 0 Å². The molecule has 0 spiro atoms. The molecule has 0 saturated heterocycles. The summed E-state index contributed by atoms with van der Waals surface area (Å²) < 4.78 is 5.39. The van der Waals surface area contributed by atoms with Crippen LogP contribution in [0.15, 0.2) is 42.5 Å². The number of carbonyl (C=O) groups is 1. The van der Waals surface area contributed by atoms with Crippen LogP contribution in [0.5, 0.6) is 5.75 Å². The summed E-state index contributed by atoms with van der Waals surface area (Å²) in [5, 5.41) is 11.7. The largest absolute Gasteiger partial charge is 0.482 e. The van der Waals surface area contributed by atoms with Gasteiger partial charge in [-0.05, 0) is 37.6 Å². The molecule has 0 aliphatic carbocycles. The zero-order valence-electron chi connectivity index (χ0n) is 12.0. The van der Waals surface area contributed by atoms with Gasteiger partial charge in [-0.1, -0.05) is 29.8 Å². The van der Waals surface area contributed by atoms with Gasteiger partial charge in [-0.2, -0.15) is 5.26 Å². The maximum Gasteiger partial charge on any atom is 0.262 e. The van der Waals surface area contributed by atoms with Crippen molar-refractivity contribution in [3.05, 3.63) is 59.2 Å². The molecule has 0 heterocycles. The number of benzene rings is 2. The van der Waals surface area contributed by atoms with Crippen LogP contribution in [-0.4, -0.2) is 12.5 Å². The summed E-state index contributed by atoms with van der Waals surface area (Å²) in [4.78, 5) is 11.9. The molecule has 0 aliphatic heterocycles. The molecule has 0 atom stereocenters. The van der Waals surface area contributed by atoms with E-state index in [1.54, 1.807) is 24.3 Å². The lowest BCUT2D eigenvalue weighted by molar-refractivity contribution is -0.118. The highest BCUT2D eigenvalue weighted by Gasteiger charge is 2.08. The van der Waals surface area contributed by atoms with E-state index in [1.807, 2.05) is 38.1 Å². The summed E-state index contributed by atoms with van der Waals surface area (Å²) in [7, 11) is 0. The number of nitriles is 1. The molecule has 0 aliphatic rings. The summed E-state index contributed by atoms with van der Waals surface area (Å²) in [6, 6.07) is 14.7. The molecule has 4 nitrogen and oxygen atoms in total. The smallest absolute Gasteiger partial charge is 0.262 e. The third kappa shape index (κ3) is 3.83. The Balaban J connectivity index is 1.98. The van der Waals surface area contributed by atoms with Crippen molar-refractivity contribution in [2.75, 3.05) is 11.9 Å². The Hall–Kier alpha value is -2.80. The number of anilines is 1. The number of amides is 1. The fraction of sp³-hybridized carbons (Fsp3) is 0.176. The van der Waals surface area contributed by atoms with Crippen molar-refractivity contribution in [2.24, 2.45) is 0 Å². The van der Waals surface area contributed by atoms with E-state index in [4.69, 9.17) is 10.00 Å². The monoisotopic (exact) mass is 280 g/mol. The van der Waals surface area contributed by atoms with Gasteiger partial charge in [0.15, 0.2) is 6.61 Å². The Morgan fingerprint density at radius 2 is 2.00 bits per heavy atom. The molecule has 0 bridgehead atoms. The number of nitrogens with one attached hydrogen (secondary N) is 1. The summed E-state index contributed by atoms with van der Waals surface area (Å²) in [5.41, 5.74) is 3.32. The van der Waals surface area contributed by atoms with Crippen LogP contribution in [0.4, 0.5) is 5.69 Å². The van der Waals surface area contributed by atoms with E-state index in [0.29, 0.717) is 11.3 Å². The highest BCUT2D eigenvalue weighted by atomic mass is 16.5. The van der Waals surface area contributed by atoms with Crippen LogP contribution in [0, 0.1) is 25.2 Å². The van der Waals surface area contributed by atoms with Crippen molar-refractivity contribution in [3.8, 4) is 11.8 Å². The van der Waals surface area contributed by atoms with Crippen molar-refractivity contribution in [3.63, 3.8) is 0 Å². The minimum absolute atomic E-state index is 0.133. The first-order valence-corrected chi connectivity index (χ1v) is 6.59. The number of rotatable bonds is 4. The summed E-state index contributed by atoms with van der Waals surface area (Å²) in [5.74, 6) is 0.158. The summed E-state index contributed by atoms with van der Waals surface area (Å²) in [6.45, 7) is 3.81. The van der Waals surface area contributed by atoms with Crippen LogP contribution in [0.2, 0.25) is 0 Å². The van der Waals surface area contributed by atoms with Crippen molar-refractivity contribution < 1.29 is 9.53 Å². The van der Waals surface area contributed by atoms with Crippen LogP contribution in [0.25, 0.3) is 0 Å². The topological polar surface area (TPSA) is 62.1 Å². The zero-order chi connectivity index (χ0) is 15.2. The lowest BCUT2D eigenvalue weighted by Gasteiger charge is -2.10. The lowest BCUT2D eigenvalue weighted by Crippen LogP contribution is -2.20. The van der Waals surface area contributed by atoms with Gasteiger partial charge in [-0.3, -0.25) is 4.79 Å². The molecule has 1 N–H and O–H groups in total. The third-order valence-corrected chi connectivity index (χ3v) is 3.02. The van der Waals surface area contributed by atoms with Crippen LogP contribution < -0.4 is 10.1 Å². The first kappa shape index (κ1) is 14.6. The molecule has 1 amide bonds. The van der Waals surface area contributed by atoms with Gasteiger partial charge in [0, 0.05) is 5.69 Å². The van der Waals surface area contributed by atoms with Crippen LogP contribution in [0.1, 0.15) is 16.7 Å². The van der Waals surface area contributed by atoms with Gasteiger partial charge in [0.25, 0.3) is 5.91 Å². The highest BCUT2D eigenvalue weighted by molar-refractivity contribution is 5.92. The number of carbonyl (C=O) groups excluding carboxylic acids is 1. The Morgan fingerprint density at radius 3 is 2.71 bits per heavy atom. The Kier molecular flexibility index (Phi) is 4.57. The second kappa shape index (κ2) is 6.58. The van der Waals surface area contributed by atoms with E-state index in [2.05, 4.69) is 5.32 Å². The summed E-state index contributed by atoms with van der Waals surface area (Å²) >= 11 is 0. The fourth-order valence-corrected chi connectivity index (χ4v) is 1.97. The molecule has 2 rings (SSSR count). The maximum atomic E-state index is 11.9. The SMILES string of the molecule is Cc1ccc(NC(=O)COc2ccccc2C#N)c(C)c1. The van der Waals surface area contributed by atoms with E-state index < -0.39 is 0 Å². The molecular weight excluding hydrogens is 264 g/mol. The second-order valence-corrected chi connectivity index (χ2v) is 4.76. The normalized spacial score (nSPS) is 9.76. The Labute approximate surface area is 124 Å². The molecular formula is C17H16N2O2. The Bertz CT molecular complexity index is 702. The minimum atomic E-state index is -0.255. The number of ether oxygens (including phenoxy) is 1. The van der Waals surface area contributed by atoms with E-state index in [9.17, 15) is 4.79 Å². The van der Waals surface area contributed by atoms with E-state index in [-0.39, 0.29) is 12.5 Å². The van der Waals surface area contributed by atoms with Gasteiger partial charge < -0.3 is 10.1 Å². The number of aryl methyl sites for hydroxylation is 2. The van der Waals surface area contributed by atoms with Gasteiger partial charge in [0.2, 0.25) is 0 Å². The van der Waals surface area contributed by atoms with Crippen molar-refractivity contribution in [2.45, 2.75) is 13.8 Å². The predicted molar refractivity (Wildman–Crippen MR) is 81.2 cm³/mol. The molecule has 0 fully saturated rings. The maximum absolute atomic E-state index is 11.9. The van der Waals surface area contributed by atoms with Gasteiger partial charge in [-0.25, -0.2) is 0 Å².